The van der Waals surface area contributed by atoms with Crippen molar-refractivity contribution in [3.63, 3.8) is 0 Å². The zero-order chi connectivity index (χ0) is 11.8. The molecule has 0 bridgehead atoms. The van der Waals surface area contributed by atoms with Crippen LogP contribution in [0.25, 0.3) is 0 Å². The number of aryl methyl sites for hydroxylation is 1. The molecule has 0 spiro atoms. The first kappa shape index (κ1) is 10.9. The molecule has 0 amide bonds. The summed E-state index contributed by atoms with van der Waals surface area (Å²) >= 11 is 0. The number of hydrogen-bond donors (Lipinski definition) is 1. The Morgan fingerprint density at radius 3 is 2.75 bits per heavy atom. The first-order valence-electron chi connectivity index (χ1n) is 5.46. The summed E-state index contributed by atoms with van der Waals surface area (Å²) in [5, 5.41) is 14.1. The van der Waals surface area contributed by atoms with Crippen molar-refractivity contribution >= 4 is 11.6 Å². The van der Waals surface area contributed by atoms with Crippen molar-refractivity contribution < 1.29 is 4.92 Å². The molecule has 1 N–H and O–H groups in total. The van der Waals surface area contributed by atoms with Crippen molar-refractivity contribution in [3.8, 4) is 0 Å². The number of hydrogen-bond acceptors (Lipinski definition) is 4. The molecule has 88 valence electrons. The predicted octanol–water partition coefficient (Wildman–Crippen LogP) is 2.07. The maximum atomic E-state index is 10.8. The van der Waals surface area contributed by atoms with E-state index in [1.54, 1.807) is 11.6 Å². The number of rotatable bonds is 3. The van der Waals surface area contributed by atoms with Crippen LogP contribution in [0.2, 0.25) is 0 Å². The quantitative estimate of drug-likeness (QED) is 0.630. The lowest BCUT2D eigenvalue weighted by atomic mass is 10.0. The summed E-state index contributed by atoms with van der Waals surface area (Å²) in [6.45, 7) is 2.11. The molecule has 2 rings (SSSR count). The molecule has 1 aromatic heterocycles. The summed E-state index contributed by atoms with van der Waals surface area (Å²) in [5.74, 6) is 0.421. The molecule has 0 aromatic carbocycles. The van der Waals surface area contributed by atoms with Gasteiger partial charge in [0.25, 0.3) is 0 Å². The van der Waals surface area contributed by atoms with Gasteiger partial charge in [-0.2, -0.15) is 0 Å². The third kappa shape index (κ3) is 1.87. The standard InChI is InChI=1S/C10H16N4O2/c1-10(5-3-4-6-10)12-9-8(14(15)16)11-7-13(9)2/h7,12H,3-6H2,1-2H3. The van der Waals surface area contributed by atoms with Gasteiger partial charge in [0.15, 0.2) is 0 Å². The van der Waals surface area contributed by atoms with Crippen molar-refractivity contribution in [3.05, 3.63) is 16.4 Å². The Morgan fingerprint density at radius 2 is 2.19 bits per heavy atom. The van der Waals surface area contributed by atoms with Gasteiger partial charge in [0.05, 0.1) is 0 Å². The zero-order valence-electron chi connectivity index (χ0n) is 9.56. The second kappa shape index (κ2) is 3.77. The Morgan fingerprint density at radius 1 is 1.56 bits per heavy atom. The maximum Gasteiger partial charge on any atom is 0.406 e. The largest absolute Gasteiger partial charge is 0.406 e. The van der Waals surface area contributed by atoms with E-state index in [2.05, 4.69) is 17.2 Å². The van der Waals surface area contributed by atoms with E-state index in [-0.39, 0.29) is 11.4 Å². The number of imidazole rings is 1. The fourth-order valence-electron chi connectivity index (χ4n) is 2.26. The second-order valence-electron chi connectivity index (χ2n) is 4.68. The average Bonchev–Trinajstić information content (AvgIpc) is 2.76. The molecule has 1 aromatic rings. The van der Waals surface area contributed by atoms with Crippen LogP contribution in [0, 0.1) is 10.1 Å². The van der Waals surface area contributed by atoms with E-state index in [0.29, 0.717) is 5.82 Å². The monoisotopic (exact) mass is 224 g/mol. The highest BCUT2D eigenvalue weighted by Crippen LogP contribution is 2.34. The molecule has 6 heteroatoms. The van der Waals surface area contributed by atoms with Gasteiger partial charge in [-0.25, -0.2) is 0 Å². The molecule has 6 nitrogen and oxygen atoms in total. The second-order valence-corrected chi connectivity index (χ2v) is 4.68. The fourth-order valence-corrected chi connectivity index (χ4v) is 2.26. The van der Waals surface area contributed by atoms with Gasteiger partial charge < -0.3 is 15.4 Å². The smallest absolute Gasteiger partial charge is 0.359 e. The number of nitrogens with one attached hydrogen (secondary N) is 1. The lowest BCUT2D eigenvalue weighted by molar-refractivity contribution is -0.388. The fraction of sp³-hybridized carbons (Fsp3) is 0.700. The molecule has 0 aliphatic heterocycles. The van der Waals surface area contributed by atoms with Crippen molar-refractivity contribution in [1.82, 2.24) is 9.55 Å². The molecule has 0 radical (unpaired) electrons. The lowest BCUT2D eigenvalue weighted by Gasteiger charge is -2.25. The molecular formula is C10H16N4O2. The van der Waals surface area contributed by atoms with Crippen molar-refractivity contribution in [1.29, 1.82) is 0 Å². The van der Waals surface area contributed by atoms with E-state index < -0.39 is 4.92 Å². The molecule has 1 aliphatic carbocycles. The van der Waals surface area contributed by atoms with Crippen LogP contribution >= 0.6 is 0 Å². The summed E-state index contributed by atoms with van der Waals surface area (Å²) < 4.78 is 1.67. The molecule has 1 heterocycles. The van der Waals surface area contributed by atoms with Gasteiger partial charge in [-0.15, -0.1) is 0 Å². The average molecular weight is 224 g/mol. The minimum absolute atomic E-state index is 0.0292. The van der Waals surface area contributed by atoms with Gasteiger partial charge in [0.1, 0.15) is 0 Å². The molecule has 1 aliphatic rings. The molecular weight excluding hydrogens is 208 g/mol. The SMILES string of the molecule is Cn1cnc([N+](=O)[O-])c1NC1(C)CCCC1. The zero-order valence-corrected chi connectivity index (χ0v) is 9.56. The van der Waals surface area contributed by atoms with E-state index in [0.717, 1.165) is 12.8 Å². The van der Waals surface area contributed by atoms with Gasteiger partial charge in [-0.1, -0.05) is 12.8 Å². The van der Waals surface area contributed by atoms with Crippen LogP contribution in [0.1, 0.15) is 32.6 Å². The van der Waals surface area contributed by atoms with Crippen LogP contribution in [0.4, 0.5) is 11.6 Å². The minimum atomic E-state index is -0.444. The van der Waals surface area contributed by atoms with Crippen LogP contribution in [0.5, 0.6) is 0 Å². The highest BCUT2D eigenvalue weighted by atomic mass is 16.6. The maximum absolute atomic E-state index is 10.8. The number of aromatic nitrogens is 2. The van der Waals surface area contributed by atoms with E-state index in [4.69, 9.17) is 0 Å². The van der Waals surface area contributed by atoms with Crippen LogP contribution in [0.3, 0.4) is 0 Å². The molecule has 1 saturated carbocycles. The third-order valence-corrected chi connectivity index (χ3v) is 3.22. The van der Waals surface area contributed by atoms with Gasteiger partial charge in [0.2, 0.25) is 12.1 Å². The van der Waals surface area contributed by atoms with Gasteiger partial charge in [0, 0.05) is 12.6 Å². The Hall–Kier alpha value is -1.59. The summed E-state index contributed by atoms with van der Waals surface area (Å²) in [5.41, 5.74) is -0.0292. The summed E-state index contributed by atoms with van der Waals surface area (Å²) in [6, 6.07) is 0. The highest BCUT2D eigenvalue weighted by Gasteiger charge is 2.32. The van der Waals surface area contributed by atoms with Gasteiger partial charge in [-0.05, 0) is 29.7 Å². The lowest BCUT2D eigenvalue weighted by Crippen LogP contribution is -2.32. The first-order chi connectivity index (χ1) is 7.52. The number of nitro groups is 1. The van der Waals surface area contributed by atoms with Crippen LogP contribution in [-0.2, 0) is 7.05 Å². The van der Waals surface area contributed by atoms with Crippen LogP contribution in [0.15, 0.2) is 6.33 Å². The van der Waals surface area contributed by atoms with E-state index in [1.807, 2.05) is 0 Å². The molecule has 0 unspecified atom stereocenters. The summed E-state index contributed by atoms with van der Waals surface area (Å²) in [4.78, 5) is 14.1. The van der Waals surface area contributed by atoms with E-state index in [9.17, 15) is 10.1 Å². The van der Waals surface area contributed by atoms with Crippen molar-refractivity contribution in [2.45, 2.75) is 38.1 Å². The summed E-state index contributed by atoms with van der Waals surface area (Å²) in [7, 11) is 1.76. The van der Waals surface area contributed by atoms with E-state index >= 15 is 0 Å². The Kier molecular flexibility index (Phi) is 2.57. The summed E-state index contributed by atoms with van der Waals surface area (Å²) in [6.07, 6.45) is 5.92. The number of nitrogens with zero attached hydrogens (tertiary/aromatic N) is 3. The Bertz CT molecular complexity index is 407. The van der Waals surface area contributed by atoms with Gasteiger partial charge >= 0.3 is 5.82 Å². The van der Waals surface area contributed by atoms with Crippen LogP contribution in [-0.4, -0.2) is 20.0 Å². The Balaban J connectivity index is 2.26. The molecule has 0 atom stereocenters. The van der Waals surface area contributed by atoms with Crippen molar-refractivity contribution in [2.24, 2.45) is 7.05 Å². The number of anilines is 1. The normalized spacial score (nSPS) is 18.6. The predicted molar refractivity (Wildman–Crippen MR) is 60.4 cm³/mol. The topological polar surface area (TPSA) is 73.0 Å². The molecule has 1 fully saturated rings. The molecule has 16 heavy (non-hydrogen) atoms. The van der Waals surface area contributed by atoms with E-state index in [1.165, 1.54) is 19.2 Å². The molecule has 0 saturated heterocycles. The first-order valence-corrected chi connectivity index (χ1v) is 5.46. The highest BCUT2D eigenvalue weighted by molar-refractivity contribution is 5.53. The third-order valence-electron chi connectivity index (χ3n) is 3.22. The minimum Gasteiger partial charge on any atom is -0.359 e. The van der Waals surface area contributed by atoms with Crippen molar-refractivity contribution in [2.75, 3.05) is 5.32 Å². The Labute approximate surface area is 93.8 Å². The van der Waals surface area contributed by atoms with Gasteiger partial charge in [-0.3, -0.25) is 4.57 Å². The van der Waals surface area contributed by atoms with Crippen LogP contribution < -0.4 is 5.32 Å².